The molecule has 16 heavy (non-hydrogen) atoms. The summed E-state index contributed by atoms with van der Waals surface area (Å²) in [5.74, 6) is 2.61. The van der Waals surface area contributed by atoms with Crippen LogP contribution in [0.5, 0.6) is 0 Å². The van der Waals surface area contributed by atoms with Crippen molar-refractivity contribution < 1.29 is 9.53 Å². The summed E-state index contributed by atoms with van der Waals surface area (Å²) in [5.41, 5.74) is 6.57. The Hall–Kier alpha value is -1.95. The van der Waals surface area contributed by atoms with E-state index in [9.17, 15) is 4.79 Å². The molecule has 0 fully saturated rings. The Morgan fingerprint density at radius 2 is 2.06 bits per heavy atom. The van der Waals surface area contributed by atoms with E-state index in [0.29, 0.717) is 11.3 Å². The topological polar surface area (TPSA) is 52.3 Å². The van der Waals surface area contributed by atoms with Gasteiger partial charge in [-0.3, -0.25) is 0 Å². The van der Waals surface area contributed by atoms with E-state index in [4.69, 9.17) is 10.5 Å². The summed E-state index contributed by atoms with van der Waals surface area (Å²) in [5, 5.41) is 0. The van der Waals surface area contributed by atoms with Crippen molar-refractivity contribution in [1.82, 2.24) is 0 Å². The van der Waals surface area contributed by atoms with Crippen LogP contribution >= 0.6 is 0 Å². The maximum absolute atomic E-state index is 11.5. The molecule has 3 nitrogen and oxygen atoms in total. The highest BCUT2D eigenvalue weighted by Gasteiger charge is 2.04. The van der Waals surface area contributed by atoms with E-state index < -0.39 is 5.97 Å². The van der Waals surface area contributed by atoms with E-state index in [1.807, 2.05) is 13.8 Å². The molecule has 1 unspecified atom stereocenters. The smallest absolute Gasteiger partial charge is 0.352 e. The van der Waals surface area contributed by atoms with Gasteiger partial charge in [0.2, 0.25) is 0 Å². The third-order valence-corrected chi connectivity index (χ3v) is 2.21. The van der Waals surface area contributed by atoms with Gasteiger partial charge in [0.15, 0.2) is 0 Å². The van der Waals surface area contributed by atoms with Gasteiger partial charge in [-0.25, -0.2) is 4.79 Å². The van der Waals surface area contributed by atoms with Crippen molar-refractivity contribution in [2.24, 2.45) is 5.92 Å². The molecular weight excluding hydrogens is 202 g/mol. The molecule has 3 heteroatoms. The van der Waals surface area contributed by atoms with Crippen LogP contribution in [0.4, 0.5) is 5.69 Å². The van der Waals surface area contributed by atoms with Crippen molar-refractivity contribution in [3.63, 3.8) is 0 Å². The van der Waals surface area contributed by atoms with Gasteiger partial charge in [0.1, 0.15) is 6.11 Å². The third-order valence-electron chi connectivity index (χ3n) is 2.21. The zero-order valence-electron chi connectivity index (χ0n) is 9.49. The number of carbonyl (C=O) groups is 1. The molecule has 84 valence electrons. The molecule has 0 amide bonds. The van der Waals surface area contributed by atoms with Gasteiger partial charge in [0.25, 0.3) is 0 Å². The van der Waals surface area contributed by atoms with Gasteiger partial charge in [-0.2, -0.15) is 0 Å². The number of carbonyl (C=O) groups excluding carboxylic acids is 1. The van der Waals surface area contributed by atoms with Crippen LogP contribution in [0, 0.1) is 17.9 Å². The van der Waals surface area contributed by atoms with Crippen LogP contribution in [-0.4, -0.2) is 5.97 Å². The SMILES string of the molecule is CCC(C)C#COC(=O)c1ccc(N)cc1. The molecule has 2 N–H and O–H groups in total. The second kappa shape index (κ2) is 5.82. The maximum atomic E-state index is 11.5. The highest BCUT2D eigenvalue weighted by molar-refractivity contribution is 5.90. The molecular formula is C13H15NO2. The van der Waals surface area contributed by atoms with Crippen LogP contribution in [0.25, 0.3) is 0 Å². The second-order valence-corrected chi connectivity index (χ2v) is 3.57. The highest BCUT2D eigenvalue weighted by Crippen LogP contribution is 2.06. The molecule has 0 aliphatic carbocycles. The minimum atomic E-state index is -0.448. The van der Waals surface area contributed by atoms with E-state index >= 15 is 0 Å². The first kappa shape index (κ1) is 12.1. The Morgan fingerprint density at radius 3 is 2.62 bits per heavy atom. The fourth-order valence-electron chi connectivity index (χ4n) is 0.957. The lowest BCUT2D eigenvalue weighted by Crippen LogP contribution is -2.01. The summed E-state index contributed by atoms with van der Waals surface area (Å²) >= 11 is 0. The van der Waals surface area contributed by atoms with E-state index in [1.165, 1.54) is 0 Å². The van der Waals surface area contributed by atoms with Crippen LogP contribution < -0.4 is 5.73 Å². The number of rotatable bonds is 2. The van der Waals surface area contributed by atoms with Gasteiger partial charge < -0.3 is 10.5 Å². The van der Waals surface area contributed by atoms with Crippen molar-refractivity contribution in [2.45, 2.75) is 20.3 Å². The van der Waals surface area contributed by atoms with Crippen molar-refractivity contribution >= 4 is 11.7 Å². The molecule has 1 aromatic carbocycles. The molecule has 1 aromatic rings. The van der Waals surface area contributed by atoms with Gasteiger partial charge in [0.05, 0.1) is 5.56 Å². The molecule has 0 spiro atoms. The van der Waals surface area contributed by atoms with Gasteiger partial charge in [-0.15, -0.1) is 0 Å². The quantitative estimate of drug-likeness (QED) is 0.470. The number of esters is 1. The van der Waals surface area contributed by atoms with Crippen LogP contribution in [0.2, 0.25) is 0 Å². The molecule has 0 saturated carbocycles. The Labute approximate surface area is 95.6 Å². The fraction of sp³-hybridized carbons (Fsp3) is 0.308. The van der Waals surface area contributed by atoms with E-state index in [1.54, 1.807) is 24.3 Å². The van der Waals surface area contributed by atoms with Gasteiger partial charge >= 0.3 is 5.97 Å². The molecule has 0 aromatic heterocycles. The summed E-state index contributed by atoms with van der Waals surface area (Å²) in [6.07, 6.45) is 3.36. The summed E-state index contributed by atoms with van der Waals surface area (Å²) < 4.78 is 4.80. The van der Waals surface area contributed by atoms with Crippen molar-refractivity contribution in [3.05, 3.63) is 29.8 Å². The molecule has 0 radical (unpaired) electrons. The summed E-state index contributed by atoms with van der Waals surface area (Å²) in [4.78, 5) is 11.5. The van der Waals surface area contributed by atoms with Crippen LogP contribution in [0.3, 0.4) is 0 Å². The predicted molar refractivity (Wildman–Crippen MR) is 63.5 cm³/mol. The lowest BCUT2D eigenvalue weighted by Gasteiger charge is -1.98. The number of hydrogen-bond acceptors (Lipinski definition) is 3. The van der Waals surface area contributed by atoms with Crippen LogP contribution in [0.1, 0.15) is 30.6 Å². The normalized spacial score (nSPS) is 11.1. The Bertz CT molecular complexity index is 412. The molecule has 0 aliphatic heterocycles. The first-order valence-corrected chi connectivity index (χ1v) is 5.20. The standard InChI is InChI=1S/C13H15NO2/c1-3-10(2)8-9-16-13(15)11-4-6-12(14)7-5-11/h4-7,10H,3,14H2,1-2H3. The minimum Gasteiger partial charge on any atom is -0.399 e. The number of nitrogen functional groups attached to an aromatic ring is 1. The molecule has 0 heterocycles. The highest BCUT2D eigenvalue weighted by atomic mass is 16.5. The minimum absolute atomic E-state index is 0.235. The lowest BCUT2D eigenvalue weighted by atomic mass is 10.1. The van der Waals surface area contributed by atoms with Crippen molar-refractivity contribution in [3.8, 4) is 12.0 Å². The Morgan fingerprint density at radius 1 is 1.44 bits per heavy atom. The van der Waals surface area contributed by atoms with Crippen LogP contribution in [-0.2, 0) is 4.74 Å². The molecule has 0 bridgehead atoms. The second-order valence-electron chi connectivity index (χ2n) is 3.57. The number of nitrogens with two attached hydrogens (primary N) is 1. The summed E-state index contributed by atoms with van der Waals surface area (Å²) in [7, 11) is 0. The number of anilines is 1. The average molecular weight is 217 g/mol. The first-order valence-electron chi connectivity index (χ1n) is 5.20. The molecule has 1 rings (SSSR count). The largest absolute Gasteiger partial charge is 0.399 e. The Balaban J connectivity index is 2.58. The molecule has 0 aliphatic rings. The zero-order chi connectivity index (χ0) is 12.0. The number of hydrogen-bond donors (Lipinski definition) is 1. The summed E-state index contributed by atoms with van der Waals surface area (Å²) in [6, 6.07) is 6.53. The van der Waals surface area contributed by atoms with Gasteiger partial charge in [-0.1, -0.05) is 19.8 Å². The van der Waals surface area contributed by atoms with Crippen molar-refractivity contribution in [2.75, 3.05) is 5.73 Å². The summed E-state index contributed by atoms with van der Waals surface area (Å²) in [6.45, 7) is 4.01. The Kier molecular flexibility index (Phi) is 4.41. The monoisotopic (exact) mass is 217 g/mol. The number of ether oxygens (including phenoxy) is 1. The zero-order valence-corrected chi connectivity index (χ0v) is 9.49. The van der Waals surface area contributed by atoms with Gasteiger partial charge in [0, 0.05) is 11.6 Å². The van der Waals surface area contributed by atoms with Crippen LogP contribution in [0.15, 0.2) is 24.3 Å². The lowest BCUT2D eigenvalue weighted by molar-refractivity contribution is 0.0690. The number of benzene rings is 1. The van der Waals surface area contributed by atoms with Crippen molar-refractivity contribution in [1.29, 1.82) is 0 Å². The third kappa shape index (κ3) is 3.66. The first-order chi connectivity index (χ1) is 7.63. The van der Waals surface area contributed by atoms with E-state index in [-0.39, 0.29) is 5.92 Å². The van der Waals surface area contributed by atoms with Gasteiger partial charge in [-0.05, 0) is 30.7 Å². The average Bonchev–Trinajstić information content (AvgIpc) is 2.29. The van der Waals surface area contributed by atoms with E-state index in [2.05, 4.69) is 12.0 Å². The maximum Gasteiger partial charge on any atom is 0.352 e. The fourth-order valence-corrected chi connectivity index (χ4v) is 0.957. The predicted octanol–water partition coefficient (Wildman–Crippen LogP) is 2.43. The molecule has 0 saturated heterocycles. The van der Waals surface area contributed by atoms with E-state index in [0.717, 1.165) is 6.42 Å². The molecule has 1 atom stereocenters.